The number of ether oxygens (including phenoxy) is 2. The van der Waals surface area contributed by atoms with Gasteiger partial charge in [-0.1, -0.05) is 6.08 Å². The highest BCUT2D eigenvalue weighted by molar-refractivity contribution is 5.93. The lowest BCUT2D eigenvalue weighted by molar-refractivity contribution is -0.149. The molecule has 1 saturated heterocycles. The molecule has 1 amide bonds. The van der Waals surface area contributed by atoms with Crippen molar-refractivity contribution in [3.05, 3.63) is 11.6 Å². The van der Waals surface area contributed by atoms with Crippen LogP contribution in [-0.2, 0) is 14.3 Å². The van der Waals surface area contributed by atoms with Crippen LogP contribution in [-0.4, -0.2) is 41.3 Å². The molecule has 1 fully saturated rings. The zero-order valence-electron chi connectivity index (χ0n) is 15.5. The van der Waals surface area contributed by atoms with Crippen LogP contribution in [0.25, 0.3) is 0 Å². The van der Waals surface area contributed by atoms with Crippen molar-refractivity contribution in [2.24, 2.45) is 5.92 Å². The maximum Gasteiger partial charge on any atom is 0.410 e. The van der Waals surface area contributed by atoms with Crippen LogP contribution in [0.2, 0.25) is 0 Å². The lowest BCUT2D eigenvalue weighted by Crippen LogP contribution is -2.42. The average Bonchev–Trinajstić information content (AvgIpc) is 2.41. The van der Waals surface area contributed by atoms with E-state index < -0.39 is 17.2 Å². The van der Waals surface area contributed by atoms with Gasteiger partial charge in [-0.3, -0.25) is 0 Å². The van der Waals surface area contributed by atoms with Crippen LogP contribution in [0.4, 0.5) is 4.79 Å². The third kappa shape index (κ3) is 7.03. The molecule has 0 aromatic rings. The summed E-state index contributed by atoms with van der Waals surface area (Å²) >= 11 is 0. The van der Waals surface area contributed by atoms with E-state index in [4.69, 9.17) is 9.47 Å². The number of carbonyl (C=O) groups excluding carboxylic acids is 2. The number of hydrogen-bond acceptors (Lipinski definition) is 5. The summed E-state index contributed by atoms with van der Waals surface area (Å²) in [4.78, 5) is 25.8. The maximum absolute atomic E-state index is 12.2. The molecule has 0 spiro atoms. The second-order valence-corrected chi connectivity index (χ2v) is 8.02. The van der Waals surface area contributed by atoms with Crippen molar-refractivity contribution in [1.29, 1.82) is 5.26 Å². The molecular formula is C18H28N2O4. The minimum atomic E-state index is -0.651. The van der Waals surface area contributed by atoms with Crippen LogP contribution < -0.4 is 0 Å². The molecule has 0 radical (unpaired) electrons. The zero-order chi connectivity index (χ0) is 18.5. The number of rotatable bonds is 2. The second kappa shape index (κ2) is 7.69. The minimum absolute atomic E-state index is 0.0130. The van der Waals surface area contributed by atoms with Gasteiger partial charge in [-0.05, 0) is 60.3 Å². The molecule has 24 heavy (non-hydrogen) atoms. The van der Waals surface area contributed by atoms with E-state index in [0.29, 0.717) is 13.1 Å². The fourth-order valence-corrected chi connectivity index (χ4v) is 2.36. The minimum Gasteiger partial charge on any atom is -0.456 e. The third-order valence-electron chi connectivity index (χ3n) is 3.25. The summed E-state index contributed by atoms with van der Waals surface area (Å²) in [7, 11) is 0. The standard InChI is InChI=1S/C18H28N2O4/c1-17(2,3)23-15(21)14(11-19)10-13-8-7-9-20(12-13)16(22)24-18(4,5)6/h10,13H,7-9,12H2,1-6H3/b14-10-. The number of piperidine rings is 1. The van der Waals surface area contributed by atoms with Gasteiger partial charge in [0.15, 0.2) is 0 Å². The Morgan fingerprint density at radius 2 is 1.71 bits per heavy atom. The number of carbonyl (C=O) groups is 2. The van der Waals surface area contributed by atoms with Gasteiger partial charge in [0.2, 0.25) is 0 Å². The molecule has 1 aliphatic rings. The van der Waals surface area contributed by atoms with E-state index in [1.165, 1.54) is 0 Å². The van der Waals surface area contributed by atoms with Gasteiger partial charge in [0, 0.05) is 13.1 Å². The number of amides is 1. The third-order valence-corrected chi connectivity index (χ3v) is 3.25. The van der Waals surface area contributed by atoms with Gasteiger partial charge in [-0.15, -0.1) is 0 Å². The number of likely N-dealkylation sites (tertiary alicyclic amines) is 1. The molecule has 1 atom stereocenters. The van der Waals surface area contributed by atoms with E-state index in [0.717, 1.165) is 12.8 Å². The van der Waals surface area contributed by atoms with Crippen LogP contribution in [0, 0.1) is 17.2 Å². The molecule has 0 bridgehead atoms. The van der Waals surface area contributed by atoms with Crippen LogP contribution in [0.3, 0.4) is 0 Å². The summed E-state index contributed by atoms with van der Waals surface area (Å²) in [6.45, 7) is 11.8. The van der Waals surface area contributed by atoms with Crippen molar-refractivity contribution in [3.8, 4) is 6.07 Å². The fraction of sp³-hybridized carbons (Fsp3) is 0.722. The SMILES string of the molecule is CC(C)(C)OC(=O)/C(C#N)=C\C1CCCN(C(=O)OC(C)(C)C)C1. The first kappa shape index (κ1) is 20.0. The van der Waals surface area contributed by atoms with Crippen molar-refractivity contribution in [3.63, 3.8) is 0 Å². The van der Waals surface area contributed by atoms with Gasteiger partial charge in [0.05, 0.1) is 0 Å². The van der Waals surface area contributed by atoms with Crippen molar-refractivity contribution in [1.82, 2.24) is 4.90 Å². The predicted octanol–water partition coefficient (Wildman–Crippen LogP) is 3.43. The monoisotopic (exact) mass is 336 g/mol. The molecule has 0 aromatic carbocycles. The summed E-state index contributed by atoms with van der Waals surface area (Å²) < 4.78 is 10.6. The van der Waals surface area contributed by atoms with E-state index in [-0.39, 0.29) is 17.6 Å². The molecule has 134 valence electrons. The Balaban J connectivity index is 2.77. The summed E-state index contributed by atoms with van der Waals surface area (Å²) in [5, 5.41) is 9.23. The molecule has 0 N–H and O–H groups in total. The lowest BCUT2D eigenvalue weighted by Gasteiger charge is -2.33. The van der Waals surface area contributed by atoms with Gasteiger partial charge < -0.3 is 14.4 Å². The van der Waals surface area contributed by atoms with Crippen LogP contribution >= 0.6 is 0 Å². The number of esters is 1. The summed E-state index contributed by atoms with van der Waals surface area (Å²) in [6, 6.07) is 1.91. The Morgan fingerprint density at radius 1 is 1.12 bits per heavy atom. The first-order chi connectivity index (χ1) is 10.9. The first-order valence-electron chi connectivity index (χ1n) is 8.24. The number of hydrogen-bond donors (Lipinski definition) is 0. The molecule has 1 heterocycles. The Hall–Kier alpha value is -2.03. The molecule has 1 unspecified atom stereocenters. The molecule has 0 saturated carbocycles. The predicted molar refractivity (Wildman–Crippen MR) is 90.1 cm³/mol. The Kier molecular flexibility index (Phi) is 6.42. The van der Waals surface area contributed by atoms with Crippen molar-refractivity contribution in [2.45, 2.75) is 65.6 Å². The summed E-state index contributed by atoms with van der Waals surface area (Å²) in [5.74, 6) is -0.687. The van der Waals surface area contributed by atoms with Gasteiger partial charge in [0.25, 0.3) is 0 Å². The Labute approximate surface area is 144 Å². The maximum atomic E-state index is 12.2. The molecular weight excluding hydrogens is 308 g/mol. The molecule has 0 aromatic heterocycles. The molecule has 1 rings (SSSR count). The summed E-state index contributed by atoms with van der Waals surface area (Å²) in [5.41, 5.74) is -1.21. The molecule has 6 heteroatoms. The van der Waals surface area contributed by atoms with Crippen LogP contribution in [0.5, 0.6) is 0 Å². The molecule has 0 aliphatic carbocycles. The van der Waals surface area contributed by atoms with E-state index in [1.807, 2.05) is 26.8 Å². The Bertz CT molecular complexity index is 547. The van der Waals surface area contributed by atoms with E-state index in [1.54, 1.807) is 31.7 Å². The Morgan fingerprint density at radius 3 is 2.21 bits per heavy atom. The highest BCUT2D eigenvalue weighted by Gasteiger charge is 2.28. The highest BCUT2D eigenvalue weighted by atomic mass is 16.6. The largest absolute Gasteiger partial charge is 0.456 e. The fourth-order valence-electron chi connectivity index (χ4n) is 2.36. The highest BCUT2D eigenvalue weighted by Crippen LogP contribution is 2.22. The van der Waals surface area contributed by atoms with Gasteiger partial charge >= 0.3 is 12.1 Å². The molecule has 1 aliphatic heterocycles. The number of nitrogens with zero attached hydrogens (tertiary/aromatic N) is 2. The topological polar surface area (TPSA) is 79.6 Å². The number of nitriles is 1. The van der Waals surface area contributed by atoms with Crippen molar-refractivity contribution < 1.29 is 19.1 Å². The van der Waals surface area contributed by atoms with E-state index in [2.05, 4.69) is 0 Å². The zero-order valence-corrected chi connectivity index (χ0v) is 15.5. The van der Waals surface area contributed by atoms with Crippen LogP contribution in [0.1, 0.15) is 54.4 Å². The molecule has 6 nitrogen and oxygen atoms in total. The quantitative estimate of drug-likeness (QED) is 0.438. The normalized spacial score (nSPS) is 19.5. The van der Waals surface area contributed by atoms with Crippen molar-refractivity contribution >= 4 is 12.1 Å². The summed E-state index contributed by atoms with van der Waals surface area (Å²) in [6.07, 6.45) is 2.86. The average molecular weight is 336 g/mol. The van der Waals surface area contributed by atoms with Gasteiger partial charge in [-0.25, -0.2) is 9.59 Å². The van der Waals surface area contributed by atoms with Gasteiger partial charge in [0.1, 0.15) is 22.8 Å². The van der Waals surface area contributed by atoms with E-state index in [9.17, 15) is 14.9 Å². The van der Waals surface area contributed by atoms with Crippen LogP contribution in [0.15, 0.2) is 11.6 Å². The lowest BCUT2D eigenvalue weighted by atomic mass is 9.96. The smallest absolute Gasteiger partial charge is 0.410 e. The van der Waals surface area contributed by atoms with Crippen molar-refractivity contribution in [2.75, 3.05) is 13.1 Å². The first-order valence-corrected chi connectivity index (χ1v) is 8.24. The van der Waals surface area contributed by atoms with E-state index >= 15 is 0 Å². The second-order valence-electron chi connectivity index (χ2n) is 8.02. The van der Waals surface area contributed by atoms with Gasteiger partial charge in [-0.2, -0.15) is 5.26 Å².